The number of aromatic nitrogens is 3. The Morgan fingerprint density at radius 3 is 2.70 bits per heavy atom. The van der Waals surface area contributed by atoms with Gasteiger partial charge in [0.05, 0.1) is 5.25 Å². The van der Waals surface area contributed by atoms with E-state index in [4.69, 9.17) is 5.84 Å². The van der Waals surface area contributed by atoms with Crippen LogP contribution in [-0.4, -0.2) is 26.0 Å². The molecule has 20 heavy (non-hydrogen) atoms. The van der Waals surface area contributed by atoms with Crippen LogP contribution in [0.3, 0.4) is 0 Å². The minimum Gasteiger partial charge on any atom is -0.336 e. The monoisotopic (exact) mass is 291 g/mol. The number of benzene rings is 1. The molecule has 0 aliphatic heterocycles. The number of nitrogens with zero attached hydrogens (tertiary/aromatic N) is 3. The van der Waals surface area contributed by atoms with Gasteiger partial charge in [0.15, 0.2) is 0 Å². The molecule has 6 nitrogen and oxygen atoms in total. The zero-order valence-electron chi connectivity index (χ0n) is 11.4. The maximum atomic E-state index is 12.1. The second-order valence-electron chi connectivity index (χ2n) is 4.32. The number of nitrogen functional groups attached to an aromatic ring is 1. The van der Waals surface area contributed by atoms with Crippen molar-refractivity contribution in [1.29, 1.82) is 0 Å². The molecule has 1 aromatic heterocycles. The first-order valence-corrected chi connectivity index (χ1v) is 7.19. The van der Waals surface area contributed by atoms with E-state index in [-0.39, 0.29) is 11.2 Å². The number of nitrogens with two attached hydrogens (primary N) is 1. The van der Waals surface area contributed by atoms with E-state index in [1.807, 2.05) is 24.3 Å². The van der Waals surface area contributed by atoms with Gasteiger partial charge in [-0.3, -0.25) is 4.79 Å². The Kier molecular flexibility index (Phi) is 4.62. The number of hydrogen-bond donors (Lipinski definition) is 2. The molecule has 106 valence electrons. The molecule has 1 aromatic carbocycles. The third-order valence-electron chi connectivity index (χ3n) is 2.82. The maximum Gasteiger partial charge on any atom is 0.237 e. The number of nitrogens with one attached hydrogen (secondary N) is 1. The number of amides is 1. The zero-order valence-corrected chi connectivity index (χ0v) is 12.2. The third kappa shape index (κ3) is 3.51. The Morgan fingerprint density at radius 1 is 1.45 bits per heavy atom. The predicted molar refractivity (Wildman–Crippen MR) is 79.9 cm³/mol. The summed E-state index contributed by atoms with van der Waals surface area (Å²) in [6.07, 6.45) is 2.38. The molecule has 0 fully saturated rings. The maximum absolute atomic E-state index is 12.1. The minimum absolute atomic E-state index is 0.0951. The van der Waals surface area contributed by atoms with Crippen molar-refractivity contribution in [2.75, 3.05) is 11.2 Å². The summed E-state index contributed by atoms with van der Waals surface area (Å²) in [5, 5.41) is 10.6. The topological polar surface area (TPSA) is 85.8 Å². The van der Waals surface area contributed by atoms with E-state index in [2.05, 4.69) is 22.4 Å². The van der Waals surface area contributed by atoms with Crippen molar-refractivity contribution in [3.8, 4) is 0 Å². The molecule has 0 spiro atoms. The van der Waals surface area contributed by atoms with Crippen molar-refractivity contribution in [3.63, 3.8) is 0 Å². The van der Waals surface area contributed by atoms with Crippen molar-refractivity contribution in [2.24, 2.45) is 0 Å². The smallest absolute Gasteiger partial charge is 0.237 e. The van der Waals surface area contributed by atoms with Crippen LogP contribution in [-0.2, 0) is 11.2 Å². The number of thioether (sulfide) groups is 1. The van der Waals surface area contributed by atoms with Crippen molar-refractivity contribution in [3.05, 3.63) is 36.2 Å². The molecule has 3 N–H and O–H groups in total. The highest BCUT2D eigenvalue weighted by molar-refractivity contribution is 8.00. The summed E-state index contributed by atoms with van der Waals surface area (Å²) >= 11 is 1.26. The highest BCUT2D eigenvalue weighted by Gasteiger charge is 2.17. The number of carbonyl (C=O) groups is 1. The summed E-state index contributed by atoms with van der Waals surface area (Å²) in [4.78, 5) is 12.1. The highest BCUT2D eigenvalue weighted by Crippen LogP contribution is 2.21. The number of aryl methyl sites for hydroxylation is 1. The summed E-state index contributed by atoms with van der Waals surface area (Å²) < 4.78 is 1.30. The summed E-state index contributed by atoms with van der Waals surface area (Å²) in [6.45, 7) is 3.89. The number of carbonyl (C=O) groups excluding carboxylic acids is 1. The fourth-order valence-electron chi connectivity index (χ4n) is 1.60. The largest absolute Gasteiger partial charge is 0.336 e. The SMILES string of the molecule is CCc1ccc(NC(=O)C(C)Sc2nncn2N)cc1. The van der Waals surface area contributed by atoms with E-state index in [0.29, 0.717) is 5.16 Å². The van der Waals surface area contributed by atoms with Crippen LogP contribution >= 0.6 is 11.8 Å². The van der Waals surface area contributed by atoms with E-state index < -0.39 is 0 Å². The Morgan fingerprint density at radius 2 is 2.15 bits per heavy atom. The van der Waals surface area contributed by atoms with Crippen LogP contribution in [0.4, 0.5) is 5.69 Å². The lowest BCUT2D eigenvalue weighted by Gasteiger charge is -2.11. The van der Waals surface area contributed by atoms with Gasteiger partial charge in [-0.1, -0.05) is 30.8 Å². The molecule has 2 rings (SSSR count). The summed E-state index contributed by atoms with van der Waals surface area (Å²) in [7, 11) is 0. The first-order chi connectivity index (χ1) is 9.60. The summed E-state index contributed by atoms with van der Waals surface area (Å²) in [6, 6.07) is 7.81. The Bertz CT molecular complexity index is 581. The molecule has 0 aliphatic rings. The van der Waals surface area contributed by atoms with Gasteiger partial charge in [-0.2, -0.15) is 0 Å². The van der Waals surface area contributed by atoms with Gasteiger partial charge >= 0.3 is 0 Å². The van der Waals surface area contributed by atoms with Crippen LogP contribution in [0.2, 0.25) is 0 Å². The van der Waals surface area contributed by atoms with Gasteiger partial charge in [-0.05, 0) is 31.0 Å². The Balaban J connectivity index is 1.95. The van der Waals surface area contributed by atoms with Crippen LogP contribution < -0.4 is 11.2 Å². The van der Waals surface area contributed by atoms with Crippen LogP contribution in [0.5, 0.6) is 0 Å². The lowest BCUT2D eigenvalue weighted by atomic mass is 10.1. The van der Waals surface area contributed by atoms with Crippen molar-refractivity contribution < 1.29 is 4.79 Å². The van der Waals surface area contributed by atoms with Gasteiger partial charge < -0.3 is 11.2 Å². The summed E-state index contributed by atoms with van der Waals surface area (Å²) in [5.41, 5.74) is 2.02. The second-order valence-corrected chi connectivity index (χ2v) is 5.63. The number of rotatable bonds is 5. The Hall–Kier alpha value is -2.02. The average Bonchev–Trinajstić information content (AvgIpc) is 2.85. The van der Waals surface area contributed by atoms with Crippen molar-refractivity contribution in [2.45, 2.75) is 30.7 Å². The van der Waals surface area contributed by atoms with E-state index in [1.54, 1.807) is 6.92 Å². The van der Waals surface area contributed by atoms with Gasteiger partial charge in [0.2, 0.25) is 11.1 Å². The van der Waals surface area contributed by atoms with E-state index in [1.165, 1.54) is 28.3 Å². The normalized spacial score (nSPS) is 12.1. The van der Waals surface area contributed by atoms with Gasteiger partial charge in [0.1, 0.15) is 6.33 Å². The van der Waals surface area contributed by atoms with Crippen LogP contribution in [0.25, 0.3) is 0 Å². The lowest BCUT2D eigenvalue weighted by molar-refractivity contribution is -0.115. The quantitative estimate of drug-likeness (QED) is 0.646. The second kappa shape index (κ2) is 6.42. The molecule has 0 saturated carbocycles. The van der Waals surface area contributed by atoms with Gasteiger partial charge in [-0.15, -0.1) is 10.2 Å². The van der Waals surface area contributed by atoms with E-state index >= 15 is 0 Å². The summed E-state index contributed by atoms with van der Waals surface area (Å²) in [5.74, 6) is 5.52. The molecule has 0 radical (unpaired) electrons. The van der Waals surface area contributed by atoms with Crippen molar-refractivity contribution in [1.82, 2.24) is 14.9 Å². The molecular weight excluding hydrogens is 274 g/mol. The average molecular weight is 291 g/mol. The molecular formula is C13H17N5OS. The molecule has 0 aliphatic carbocycles. The molecule has 1 amide bonds. The minimum atomic E-state index is -0.313. The third-order valence-corrected chi connectivity index (χ3v) is 3.89. The standard InChI is InChI=1S/C13H17N5OS/c1-3-10-4-6-11(7-5-10)16-12(19)9(2)20-13-17-15-8-18(13)14/h4-9H,3,14H2,1-2H3,(H,16,19). The highest BCUT2D eigenvalue weighted by atomic mass is 32.2. The van der Waals surface area contributed by atoms with Gasteiger partial charge in [0.25, 0.3) is 0 Å². The first-order valence-electron chi connectivity index (χ1n) is 6.31. The van der Waals surface area contributed by atoms with Gasteiger partial charge in [0, 0.05) is 5.69 Å². The Labute approximate surface area is 121 Å². The molecule has 1 unspecified atom stereocenters. The molecule has 2 aromatic rings. The molecule has 1 atom stereocenters. The first kappa shape index (κ1) is 14.4. The van der Waals surface area contributed by atoms with Crippen LogP contribution in [0, 0.1) is 0 Å². The van der Waals surface area contributed by atoms with Crippen LogP contribution in [0.1, 0.15) is 19.4 Å². The van der Waals surface area contributed by atoms with Crippen molar-refractivity contribution >= 4 is 23.4 Å². The zero-order chi connectivity index (χ0) is 14.5. The number of hydrogen-bond acceptors (Lipinski definition) is 5. The fourth-order valence-corrected chi connectivity index (χ4v) is 2.34. The van der Waals surface area contributed by atoms with Gasteiger partial charge in [-0.25, -0.2) is 4.68 Å². The molecule has 1 heterocycles. The number of anilines is 1. The molecule has 7 heteroatoms. The molecule has 0 bridgehead atoms. The lowest BCUT2D eigenvalue weighted by Crippen LogP contribution is -2.23. The van der Waals surface area contributed by atoms with E-state index in [9.17, 15) is 4.79 Å². The van der Waals surface area contributed by atoms with Crippen LogP contribution in [0.15, 0.2) is 35.7 Å². The molecule has 0 saturated heterocycles. The van der Waals surface area contributed by atoms with E-state index in [0.717, 1.165) is 12.1 Å². The fraction of sp³-hybridized carbons (Fsp3) is 0.308. The predicted octanol–water partition coefficient (Wildman–Crippen LogP) is 1.67.